The number of rotatable bonds is 2. The molecule has 1 saturated heterocycles. The zero-order valence-corrected chi connectivity index (χ0v) is 10.7. The predicted octanol–water partition coefficient (Wildman–Crippen LogP) is 2.28. The van der Waals surface area contributed by atoms with Crippen molar-refractivity contribution in [3.8, 4) is 17.2 Å². The molecule has 2 heterocycles. The second-order valence-corrected chi connectivity index (χ2v) is 4.71. The highest BCUT2D eigenvalue weighted by Crippen LogP contribution is 2.44. The van der Waals surface area contributed by atoms with Crippen molar-refractivity contribution in [3.63, 3.8) is 0 Å². The maximum atomic E-state index is 5.81. The van der Waals surface area contributed by atoms with E-state index in [1.807, 2.05) is 12.1 Å². The lowest BCUT2D eigenvalue weighted by molar-refractivity contribution is 0.166. The minimum absolute atomic E-state index is 0.311. The van der Waals surface area contributed by atoms with E-state index in [0.29, 0.717) is 19.3 Å². The lowest BCUT2D eigenvalue weighted by Gasteiger charge is -2.29. The van der Waals surface area contributed by atoms with Gasteiger partial charge in [0.1, 0.15) is 19.0 Å². The molecule has 4 heteroatoms. The second-order valence-electron chi connectivity index (χ2n) is 4.71. The van der Waals surface area contributed by atoms with Gasteiger partial charge in [-0.2, -0.15) is 0 Å². The monoisotopic (exact) mass is 249 g/mol. The van der Waals surface area contributed by atoms with Gasteiger partial charge in [0, 0.05) is 6.04 Å². The number of nitrogens with one attached hydrogen (secondary N) is 1. The highest BCUT2D eigenvalue weighted by molar-refractivity contribution is 5.56. The van der Waals surface area contributed by atoms with Gasteiger partial charge in [-0.25, -0.2) is 0 Å². The van der Waals surface area contributed by atoms with Crippen LogP contribution in [0.1, 0.15) is 30.9 Å². The summed E-state index contributed by atoms with van der Waals surface area (Å²) in [6.07, 6.45) is 3.60. The zero-order chi connectivity index (χ0) is 12.4. The fraction of sp³-hybridized carbons (Fsp3) is 0.571. The molecule has 0 saturated carbocycles. The van der Waals surface area contributed by atoms with E-state index in [1.165, 1.54) is 12.8 Å². The maximum absolute atomic E-state index is 5.81. The van der Waals surface area contributed by atoms with E-state index in [0.717, 1.165) is 35.8 Å². The summed E-state index contributed by atoms with van der Waals surface area (Å²) in [7, 11) is 1.71. The molecule has 98 valence electrons. The first-order chi connectivity index (χ1) is 8.90. The molecule has 2 aliphatic heterocycles. The molecule has 0 bridgehead atoms. The van der Waals surface area contributed by atoms with Crippen LogP contribution in [0.15, 0.2) is 12.1 Å². The van der Waals surface area contributed by atoms with Crippen LogP contribution in [0.2, 0.25) is 0 Å². The molecular weight excluding hydrogens is 230 g/mol. The molecule has 0 amide bonds. The average molecular weight is 249 g/mol. The Kier molecular flexibility index (Phi) is 3.28. The SMILES string of the molecule is COc1ccc2c(c1C1CCCCN1)OCCO2. The summed E-state index contributed by atoms with van der Waals surface area (Å²) in [4.78, 5) is 0. The minimum Gasteiger partial charge on any atom is -0.496 e. The lowest BCUT2D eigenvalue weighted by atomic mass is 9.95. The number of piperidine rings is 1. The third-order valence-electron chi connectivity index (χ3n) is 3.59. The van der Waals surface area contributed by atoms with Gasteiger partial charge in [-0.3, -0.25) is 0 Å². The van der Waals surface area contributed by atoms with Crippen LogP contribution in [0.25, 0.3) is 0 Å². The highest BCUT2D eigenvalue weighted by Gasteiger charge is 2.27. The average Bonchev–Trinajstić information content (AvgIpc) is 2.47. The number of methoxy groups -OCH3 is 1. The summed E-state index contributed by atoms with van der Waals surface area (Å²) >= 11 is 0. The van der Waals surface area contributed by atoms with Gasteiger partial charge in [0.15, 0.2) is 11.5 Å². The Morgan fingerprint density at radius 2 is 2.11 bits per heavy atom. The predicted molar refractivity (Wildman–Crippen MR) is 68.6 cm³/mol. The Morgan fingerprint density at radius 1 is 1.22 bits per heavy atom. The molecule has 0 spiro atoms. The van der Waals surface area contributed by atoms with Crippen LogP contribution in [0.4, 0.5) is 0 Å². The third-order valence-corrected chi connectivity index (χ3v) is 3.59. The largest absolute Gasteiger partial charge is 0.496 e. The number of hydrogen-bond donors (Lipinski definition) is 1. The second kappa shape index (κ2) is 5.06. The van der Waals surface area contributed by atoms with Crippen molar-refractivity contribution in [1.82, 2.24) is 5.32 Å². The van der Waals surface area contributed by atoms with Crippen LogP contribution in [-0.4, -0.2) is 26.9 Å². The summed E-state index contributed by atoms with van der Waals surface area (Å²) in [5.74, 6) is 2.59. The molecule has 1 atom stereocenters. The van der Waals surface area contributed by atoms with Crippen LogP contribution in [0.5, 0.6) is 17.2 Å². The molecule has 18 heavy (non-hydrogen) atoms. The van der Waals surface area contributed by atoms with Gasteiger partial charge >= 0.3 is 0 Å². The molecule has 1 N–H and O–H groups in total. The van der Waals surface area contributed by atoms with Gasteiger partial charge in [0.25, 0.3) is 0 Å². The fourth-order valence-corrected chi connectivity index (χ4v) is 2.73. The van der Waals surface area contributed by atoms with E-state index in [-0.39, 0.29) is 0 Å². The molecule has 2 aliphatic rings. The summed E-state index contributed by atoms with van der Waals surface area (Å²) in [6.45, 7) is 2.29. The van der Waals surface area contributed by atoms with E-state index in [4.69, 9.17) is 14.2 Å². The van der Waals surface area contributed by atoms with E-state index >= 15 is 0 Å². The van der Waals surface area contributed by atoms with Crippen molar-refractivity contribution in [2.24, 2.45) is 0 Å². The summed E-state index contributed by atoms with van der Waals surface area (Å²) in [5.41, 5.74) is 1.12. The van der Waals surface area contributed by atoms with E-state index in [1.54, 1.807) is 7.11 Å². The van der Waals surface area contributed by atoms with Gasteiger partial charge < -0.3 is 19.5 Å². The van der Waals surface area contributed by atoms with Crippen molar-refractivity contribution >= 4 is 0 Å². The molecule has 1 fully saturated rings. The van der Waals surface area contributed by atoms with Crippen molar-refractivity contribution in [3.05, 3.63) is 17.7 Å². The minimum atomic E-state index is 0.311. The topological polar surface area (TPSA) is 39.7 Å². The Morgan fingerprint density at radius 3 is 2.89 bits per heavy atom. The zero-order valence-electron chi connectivity index (χ0n) is 10.7. The molecule has 0 radical (unpaired) electrons. The summed E-state index contributed by atoms with van der Waals surface area (Å²) in [5, 5.41) is 3.54. The molecule has 0 aliphatic carbocycles. The van der Waals surface area contributed by atoms with Crippen molar-refractivity contribution in [2.75, 3.05) is 26.9 Å². The van der Waals surface area contributed by atoms with Gasteiger partial charge in [-0.15, -0.1) is 0 Å². The Bertz CT molecular complexity index is 427. The van der Waals surface area contributed by atoms with Crippen molar-refractivity contribution in [2.45, 2.75) is 25.3 Å². The standard InChI is InChI=1S/C14H19NO3/c1-16-11-5-6-12-14(18-9-8-17-12)13(11)10-4-2-3-7-15-10/h5-6,10,15H,2-4,7-9H2,1H3. The van der Waals surface area contributed by atoms with Gasteiger partial charge in [0.2, 0.25) is 0 Å². The van der Waals surface area contributed by atoms with Crippen molar-refractivity contribution < 1.29 is 14.2 Å². The van der Waals surface area contributed by atoms with Crippen LogP contribution in [-0.2, 0) is 0 Å². The van der Waals surface area contributed by atoms with Gasteiger partial charge in [-0.1, -0.05) is 6.42 Å². The Labute approximate surface area is 107 Å². The number of hydrogen-bond acceptors (Lipinski definition) is 4. The molecule has 1 aromatic rings. The Balaban J connectivity index is 2.03. The fourth-order valence-electron chi connectivity index (χ4n) is 2.73. The first-order valence-corrected chi connectivity index (χ1v) is 6.60. The molecule has 1 aromatic carbocycles. The third kappa shape index (κ3) is 2.01. The van der Waals surface area contributed by atoms with Crippen LogP contribution in [0, 0.1) is 0 Å². The molecule has 4 nitrogen and oxygen atoms in total. The van der Waals surface area contributed by atoms with Gasteiger partial charge in [0.05, 0.1) is 12.7 Å². The molecule has 1 unspecified atom stereocenters. The smallest absolute Gasteiger partial charge is 0.169 e. The van der Waals surface area contributed by atoms with E-state index in [2.05, 4.69) is 5.32 Å². The first-order valence-electron chi connectivity index (χ1n) is 6.60. The van der Waals surface area contributed by atoms with Gasteiger partial charge in [-0.05, 0) is 31.5 Å². The van der Waals surface area contributed by atoms with Crippen molar-refractivity contribution in [1.29, 1.82) is 0 Å². The lowest BCUT2D eigenvalue weighted by Crippen LogP contribution is -2.28. The van der Waals surface area contributed by atoms with Crippen LogP contribution < -0.4 is 19.5 Å². The highest BCUT2D eigenvalue weighted by atomic mass is 16.6. The Hall–Kier alpha value is -1.42. The normalized spacial score (nSPS) is 22.6. The number of benzene rings is 1. The molecule has 3 rings (SSSR count). The summed E-state index contributed by atoms with van der Waals surface area (Å²) < 4.78 is 16.9. The molecule has 0 aromatic heterocycles. The summed E-state index contributed by atoms with van der Waals surface area (Å²) in [6, 6.07) is 4.21. The number of fused-ring (bicyclic) bond motifs is 1. The first kappa shape index (κ1) is 11.7. The van der Waals surface area contributed by atoms with Crippen LogP contribution in [0.3, 0.4) is 0 Å². The number of ether oxygens (including phenoxy) is 3. The maximum Gasteiger partial charge on any atom is 0.169 e. The van der Waals surface area contributed by atoms with Crippen LogP contribution >= 0.6 is 0 Å². The molecular formula is C14H19NO3. The quantitative estimate of drug-likeness (QED) is 0.873. The van der Waals surface area contributed by atoms with E-state index < -0.39 is 0 Å². The van der Waals surface area contributed by atoms with E-state index in [9.17, 15) is 0 Å².